The Labute approximate surface area is 230 Å². The predicted octanol–water partition coefficient (Wildman–Crippen LogP) is 8.65. The first-order valence-corrected chi connectivity index (χ1v) is 10.6. The summed E-state index contributed by atoms with van der Waals surface area (Å²) in [5, 5.41) is 0. The third kappa shape index (κ3) is 4.93. The Morgan fingerprint density at radius 2 is 0.689 bits per heavy atom. The second kappa shape index (κ2) is 10.5. The van der Waals surface area contributed by atoms with Gasteiger partial charge in [-0.15, -0.1) is 0 Å². The number of hydrogen-bond acceptors (Lipinski definition) is 0. The van der Waals surface area contributed by atoms with Crippen LogP contribution in [-0.2, 0) is 12.6 Å². The molecule has 0 aliphatic carbocycles. The molecule has 0 spiro atoms. The second-order valence-electron chi connectivity index (χ2n) is 8.84. The summed E-state index contributed by atoms with van der Waals surface area (Å²) in [7, 11) is 0. The van der Waals surface area contributed by atoms with Crippen LogP contribution in [0.25, 0.3) is 0 Å². The first kappa shape index (κ1) is 40.5. The van der Waals surface area contributed by atoms with E-state index >= 15 is 0 Å². The number of aryl methyl sites for hydroxylation is 1. The molecule has 1 heterocycles. The summed E-state index contributed by atoms with van der Waals surface area (Å²) in [5.74, 6) is -91.5. The lowest BCUT2D eigenvalue weighted by Gasteiger charge is -2.45. The summed E-state index contributed by atoms with van der Waals surface area (Å²) in [5.41, 5.74) is 0. The molecular weight excluding hydrogens is 719 g/mol. The van der Waals surface area contributed by atoms with Gasteiger partial charge in [0.25, 0.3) is 0 Å². The summed E-state index contributed by atoms with van der Waals surface area (Å²) in [4.78, 5) is 0. The quantitative estimate of drug-likeness (QED) is 0.142. The molecule has 2 nitrogen and oxygen atoms in total. The molecule has 0 aliphatic heterocycles. The lowest BCUT2D eigenvalue weighted by molar-refractivity contribution is -0.697. The summed E-state index contributed by atoms with van der Waals surface area (Å²) in [6, 6.07) is -6.98. The fraction of sp³-hybridized carbons (Fsp3) is 0.833. The molecule has 266 valence electrons. The van der Waals surface area contributed by atoms with Gasteiger partial charge in [0, 0.05) is 0 Å². The first-order chi connectivity index (χ1) is 19.3. The standard InChI is InChI=1S/C18H10F25N2/c1-2-3-44-4-5-45(6-44)18(42,43)16(37,38)14(33,34)12(29,30)10(25,26)8(21,22)7(19,20)9(23,24)11(27,28)13(31,32)15(35,36)17(39,40)41/h4-6H,2-3H2,1H3/q+1. The van der Waals surface area contributed by atoms with Gasteiger partial charge in [-0.05, 0) is 6.42 Å². The number of rotatable bonds is 13. The molecule has 0 radical (unpaired) electrons. The van der Waals surface area contributed by atoms with Crippen molar-refractivity contribution < 1.29 is 114 Å². The smallest absolute Gasteiger partial charge is 0.237 e. The van der Waals surface area contributed by atoms with E-state index in [1.807, 2.05) is 0 Å². The minimum atomic E-state index is -9.60. The van der Waals surface area contributed by atoms with Crippen LogP contribution < -0.4 is 4.57 Å². The van der Waals surface area contributed by atoms with E-state index in [9.17, 15) is 110 Å². The van der Waals surface area contributed by atoms with E-state index in [1.54, 1.807) is 0 Å². The Hall–Kier alpha value is -2.54. The average molecular weight is 729 g/mol. The summed E-state index contributed by atoms with van der Waals surface area (Å²) in [6.07, 6.45) is -8.62. The van der Waals surface area contributed by atoms with Crippen LogP contribution in [-0.4, -0.2) is 70.0 Å². The Kier molecular flexibility index (Phi) is 9.43. The molecule has 0 saturated carbocycles. The van der Waals surface area contributed by atoms with Crippen molar-refractivity contribution >= 4 is 0 Å². The SMILES string of the molecule is CCC[n+]1ccn(C(F)(F)C(F)(F)C(F)(F)C(F)(F)C(F)(F)C(F)(F)C(F)(F)C(F)(F)C(F)(F)C(F)(F)C(F)(F)C(F)(F)F)c1. The third-order valence-electron chi connectivity index (χ3n) is 5.78. The van der Waals surface area contributed by atoms with Crippen LogP contribution in [0.4, 0.5) is 110 Å². The molecule has 0 bridgehead atoms. The topological polar surface area (TPSA) is 8.81 Å². The predicted molar refractivity (Wildman–Crippen MR) is 90.6 cm³/mol. The molecule has 0 N–H and O–H groups in total. The van der Waals surface area contributed by atoms with Gasteiger partial charge >= 0.3 is 71.4 Å². The number of aromatic nitrogens is 2. The van der Waals surface area contributed by atoms with E-state index in [1.165, 1.54) is 6.92 Å². The van der Waals surface area contributed by atoms with Gasteiger partial charge in [0.05, 0.1) is 6.54 Å². The van der Waals surface area contributed by atoms with Crippen molar-refractivity contribution in [1.29, 1.82) is 0 Å². The molecule has 0 unspecified atom stereocenters. The molecule has 1 rings (SSSR count). The Bertz CT molecular complexity index is 1200. The maximum Gasteiger partial charge on any atom is 0.469 e. The van der Waals surface area contributed by atoms with E-state index in [4.69, 9.17) is 0 Å². The van der Waals surface area contributed by atoms with Crippen molar-refractivity contribution in [2.24, 2.45) is 0 Å². The van der Waals surface area contributed by atoms with Crippen molar-refractivity contribution in [2.75, 3.05) is 0 Å². The highest BCUT2D eigenvalue weighted by Gasteiger charge is 3.00. The number of nitrogens with zero attached hydrogens (tertiary/aromatic N) is 2. The molecule has 0 amide bonds. The lowest BCUT2D eigenvalue weighted by Crippen LogP contribution is -2.78. The van der Waals surface area contributed by atoms with Crippen LogP contribution in [0.3, 0.4) is 0 Å². The van der Waals surface area contributed by atoms with Gasteiger partial charge in [0.2, 0.25) is 6.33 Å². The van der Waals surface area contributed by atoms with Crippen molar-refractivity contribution in [3.05, 3.63) is 18.7 Å². The number of imidazole rings is 1. The van der Waals surface area contributed by atoms with Gasteiger partial charge in [0.1, 0.15) is 12.4 Å². The Morgan fingerprint density at radius 1 is 0.422 bits per heavy atom. The minimum absolute atomic E-state index is 0.0656. The zero-order valence-corrected chi connectivity index (χ0v) is 20.5. The molecule has 0 atom stereocenters. The molecule has 27 heteroatoms. The van der Waals surface area contributed by atoms with Crippen molar-refractivity contribution in [3.8, 4) is 0 Å². The van der Waals surface area contributed by atoms with Crippen LogP contribution in [0.15, 0.2) is 18.7 Å². The maximum absolute atomic E-state index is 14.2. The van der Waals surface area contributed by atoms with Crippen molar-refractivity contribution in [2.45, 2.75) is 91.3 Å². The van der Waals surface area contributed by atoms with Crippen LogP contribution in [0.5, 0.6) is 0 Å². The number of halogens is 25. The summed E-state index contributed by atoms with van der Waals surface area (Å²) < 4.78 is 336. The maximum atomic E-state index is 14.2. The van der Waals surface area contributed by atoms with Crippen molar-refractivity contribution in [1.82, 2.24) is 4.57 Å². The van der Waals surface area contributed by atoms with Gasteiger partial charge in [-0.1, -0.05) is 6.92 Å². The van der Waals surface area contributed by atoms with Gasteiger partial charge in [-0.2, -0.15) is 114 Å². The van der Waals surface area contributed by atoms with Crippen molar-refractivity contribution in [3.63, 3.8) is 0 Å². The zero-order chi connectivity index (χ0) is 36.7. The first-order valence-electron chi connectivity index (χ1n) is 10.6. The average Bonchev–Trinajstić information content (AvgIpc) is 3.31. The highest BCUT2D eigenvalue weighted by atomic mass is 19.4. The fourth-order valence-electron chi connectivity index (χ4n) is 3.06. The second-order valence-corrected chi connectivity index (χ2v) is 8.84. The molecular formula is C18H10F25N2+. The van der Waals surface area contributed by atoms with Crippen LogP contribution in [0.2, 0.25) is 0 Å². The Morgan fingerprint density at radius 3 is 0.956 bits per heavy atom. The molecule has 0 aliphatic rings. The van der Waals surface area contributed by atoms with Gasteiger partial charge in [0.15, 0.2) is 0 Å². The van der Waals surface area contributed by atoms with Crippen LogP contribution in [0, 0.1) is 0 Å². The van der Waals surface area contributed by atoms with Crippen LogP contribution >= 0.6 is 0 Å². The molecule has 0 aromatic carbocycles. The van der Waals surface area contributed by atoms with E-state index in [0.717, 1.165) is 0 Å². The van der Waals surface area contributed by atoms with E-state index in [-0.39, 0.29) is 18.9 Å². The third-order valence-corrected chi connectivity index (χ3v) is 5.78. The highest BCUT2D eigenvalue weighted by Crippen LogP contribution is 2.68. The number of alkyl halides is 25. The Balaban J connectivity index is 3.88. The molecule has 0 saturated heterocycles. The number of hydrogen-bond donors (Lipinski definition) is 0. The minimum Gasteiger partial charge on any atom is -0.237 e. The normalized spacial score (nSPS) is 16.4. The lowest BCUT2D eigenvalue weighted by atomic mass is 9.85. The van der Waals surface area contributed by atoms with Crippen LogP contribution in [0.1, 0.15) is 13.3 Å². The summed E-state index contributed by atoms with van der Waals surface area (Å²) >= 11 is 0. The monoisotopic (exact) mass is 729 g/mol. The molecule has 0 fully saturated rings. The molecule has 1 aromatic rings. The van der Waals surface area contributed by atoms with Gasteiger partial charge in [-0.3, -0.25) is 0 Å². The van der Waals surface area contributed by atoms with E-state index < -0.39 is 82.6 Å². The van der Waals surface area contributed by atoms with E-state index in [2.05, 4.69) is 0 Å². The summed E-state index contributed by atoms with van der Waals surface area (Å²) in [6.45, 7) is 0.805. The molecule has 1 aromatic heterocycles. The van der Waals surface area contributed by atoms with Gasteiger partial charge in [-0.25, -0.2) is 4.57 Å². The largest absolute Gasteiger partial charge is 0.469 e. The highest BCUT2D eigenvalue weighted by molar-refractivity contribution is 5.19. The van der Waals surface area contributed by atoms with E-state index in [0.29, 0.717) is 10.8 Å². The fourth-order valence-corrected chi connectivity index (χ4v) is 3.06. The zero-order valence-electron chi connectivity index (χ0n) is 20.5. The van der Waals surface area contributed by atoms with Gasteiger partial charge < -0.3 is 0 Å². The molecule has 45 heavy (non-hydrogen) atoms.